The van der Waals surface area contributed by atoms with Crippen molar-refractivity contribution in [2.75, 3.05) is 0 Å². The van der Waals surface area contributed by atoms with Crippen molar-refractivity contribution in [2.24, 2.45) is 7.05 Å². The lowest BCUT2D eigenvalue weighted by molar-refractivity contribution is -0.659. The Bertz CT molecular complexity index is 1210. The number of nitrogens with zero attached hydrogens (tertiary/aromatic N) is 1. The average molecular weight is 393 g/mol. The van der Waals surface area contributed by atoms with Crippen molar-refractivity contribution >= 4 is 10.8 Å². The molecule has 0 radical (unpaired) electrons. The van der Waals surface area contributed by atoms with E-state index in [1.807, 2.05) is 0 Å². The molecule has 1 aliphatic carbocycles. The van der Waals surface area contributed by atoms with Gasteiger partial charge in [0.15, 0.2) is 6.20 Å². The third-order valence-electron chi connectivity index (χ3n) is 7.02. The van der Waals surface area contributed by atoms with Gasteiger partial charge in [0, 0.05) is 6.07 Å². The molecule has 1 heterocycles. The molecule has 1 fully saturated rings. The lowest BCUT2D eigenvalue weighted by atomic mass is 9.88. The summed E-state index contributed by atoms with van der Waals surface area (Å²) in [7, 11) is 2.18. The summed E-state index contributed by atoms with van der Waals surface area (Å²) in [6.45, 7) is 4.55. The number of hydrogen-bond acceptors (Lipinski definition) is 0. The number of aromatic nitrogens is 1. The van der Waals surface area contributed by atoms with Crippen LogP contribution in [-0.4, -0.2) is 0 Å². The third-order valence-corrected chi connectivity index (χ3v) is 7.02. The molecule has 3 aromatic carbocycles. The van der Waals surface area contributed by atoms with Gasteiger partial charge in [0.1, 0.15) is 7.05 Å². The molecule has 1 aromatic heterocycles. The van der Waals surface area contributed by atoms with Gasteiger partial charge in [-0.2, -0.15) is 0 Å². The smallest absolute Gasteiger partial charge is 0.200 e. The number of fused-ring (bicyclic) bond motifs is 1. The number of pyridine rings is 1. The molecule has 0 aliphatic heterocycles. The monoisotopic (exact) mass is 392 g/mol. The van der Waals surface area contributed by atoms with E-state index < -0.39 is 0 Å². The molecule has 1 nitrogen and oxygen atoms in total. The number of aryl methyl sites for hydroxylation is 2. The van der Waals surface area contributed by atoms with Crippen LogP contribution >= 0.6 is 0 Å². The first kappa shape index (κ1) is 19.1. The van der Waals surface area contributed by atoms with Gasteiger partial charge in [0.2, 0.25) is 5.69 Å². The van der Waals surface area contributed by atoms with Gasteiger partial charge in [-0.3, -0.25) is 0 Å². The molecule has 4 aromatic rings. The highest BCUT2D eigenvalue weighted by Gasteiger charge is 2.23. The summed E-state index contributed by atoms with van der Waals surface area (Å²) in [6.07, 6.45) is 7.63. The summed E-state index contributed by atoms with van der Waals surface area (Å²) in [5, 5.41) is 2.62. The molecule has 0 N–H and O–H groups in total. The zero-order valence-corrected chi connectivity index (χ0v) is 18.3. The normalized spacial score (nSPS) is 14.5. The maximum absolute atomic E-state index is 2.48. The van der Waals surface area contributed by atoms with Crippen LogP contribution in [0.5, 0.6) is 0 Å². The van der Waals surface area contributed by atoms with E-state index in [9.17, 15) is 0 Å². The quantitative estimate of drug-likeness (QED) is 0.323. The summed E-state index contributed by atoms with van der Waals surface area (Å²) in [4.78, 5) is 0. The predicted molar refractivity (Wildman–Crippen MR) is 127 cm³/mol. The van der Waals surface area contributed by atoms with Crippen molar-refractivity contribution in [3.63, 3.8) is 0 Å². The molecular formula is C29H30N+. The zero-order valence-electron chi connectivity index (χ0n) is 18.3. The van der Waals surface area contributed by atoms with Gasteiger partial charge in [0.25, 0.3) is 0 Å². The van der Waals surface area contributed by atoms with E-state index in [1.54, 1.807) is 0 Å². The fraction of sp³-hybridized carbons (Fsp3) is 0.276. The fourth-order valence-corrected chi connectivity index (χ4v) is 5.15. The third kappa shape index (κ3) is 3.33. The summed E-state index contributed by atoms with van der Waals surface area (Å²) >= 11 is 0. The van der Waals surface area contributed by atoms with E-state index >= 15 is 0 Å². The Balaban J connectivity index is 1.70. The minimum atomic E-state index is 0.730. The lowest BCUT2D eigenvalue weighted by Crippen LogP contribution is -2.30. The largest absolute Gasteiger partial charge is 0.220 e. The van der Waals surface area contributed by atoms with E-state index in [-0.39, 0.29) is 0 Å². The molecule has 5 rings (SSSR count). The van der Waals surface area contributed by atoms with Crippen molar-refractivity contribution < 1.29 is 4.57 Å². The molecule has 1 heteroatoms. The number of benzene rings is 3. The van der Waals surface area contributed by atoms with Gasteiger partial charge >= 0.3 is 0 Å². The second-order valence-electron chi connectivity index (χ2n) is 8.94. The average Bonchev–Trinajstić information content (AvgIpc) is 3.31. The first-order chi connectivity index (χ1) is 14.6. The maximum atomic E-state index is 2.48. The summed E-state index contributed by atoms with van der Waals surface area (Å²) in [5.74, 6) is 0.730. The highest BCUT2D eigenvalue weighted by Crippen LogP contribution is 2.38. The van der Waals surface area contributed by atoms with E-state index in [1.165, 1.54) is 75.5 Å². The van der Waals surface area contributed by atoms with Crippen molar-refractivity contribution in [3.8, 4) is 22.4 Å². The first-order valence-electron chi connectivity index (χ1n) is 11.2. The van der Waals surface area contributed by atoms with Gasteiger partial charge in [-0.25, -0.2) is 4.57 Å². The molecule has 150 valence electrons. The van der Waals surface area contributed by atoms with Gasteiger partial charge in [-0.1, -0.05) is 55.3 Å². The lowest BCUT2D eigenvalue weighted by Gasteiger charge is -2.16. The highest BCUT2D eigenvalue weighted by molar-refractivity contribution is 5.96. The van der Waals surface area contributed by atoms with Crippen molar-refractivity contribution in [3.05, 3.63) is 89.6 Å². The first-order valence-corrected chi connectivity index (χ1v) is 11.2. The Morgan fingerprint density at radius 1 is 0.800 bits per heavy atom. The van der Waals surface area contributed by atoms with Crippen molar-refractivity contribution in [1.82, 2.24) is 0 Å². The molecule has 0 unspecified atom stereocenters. The van der Waals surface area contributed by atoms with E-state index in [0.717, 1.165) is 5.92 Å². The fourth-order valence-electron chi connectivity index (χ4n) is 5.15. The Morgan fingerprint density at radius 2 is 1.57 bits per heavy atom. The minimum absolute atomic E-state index is 0.730. The molecule has 1 aliphatic rings. The number of rotatable bonds is 3. The Morgan fingerprint density at radius 3 is 2.33 bits per heavy atom. The van der Waals surface area contributed by atoms with Crippen LogP contribution in [-0.2, 0) is 7.05 Å². The standard InChI is InChI=1S/C29H30N/c1-20-17-26(23-11-7-8-12-23)19-28(21(20)2)29-27-14-13-24(22-9-5-4-6-10-22)18-25(27)15-16-30(29)3/h4-6,9-10,13-19,23H,7-8,11-12H2,1-3H3/q+1. The second-order valence-corrected chi connectivity index (χ2v) is 8.94. The zero-order chi connectivity index (χ0) is 20.7. The minimum Gasteiger partial charge on any atom is -0.200 e. The van der Waals surface area contributed by atoms with Crippen LogP contribution < -0.4 is 4.57 Å². The molecule has 30 heavy (non-hydrogen) atoms. The van der Waals surface area contributed by atoms with E-state index in [2.05, 4.69) is 98.4 Å². The van der Waals surface area contributed by atoms with Gasteiger partial charge < -0.3 is 0 Å². The highest BCUT2D eigenvalue weighted by atomic mass is 14.9. The van der Waals surface area contributed by atoms with Crippen molar-refractivity contribution in [2.45, 2.75) is 45.4 Å². The predicted octanol–water partition coefficient (Wildman–Crippen LogP) is 7.27. The van der Waals surface area contributed by atoms with Crippen molar-refractivity contribution in [1.29, 1.82) is 0 Å². The van der Waals surface area contributed by atoms with Gasteiger partial charge in [-0.15, -0.1) is 0 Å². The molecule has 0 bridgehead atoms. The van der Waals surface area contributed by atoms with Crippen LogP contribution in [0, 0.1) is 13.8 Å². The van der Waals surface area contributed by atoms with Gasteiger partial charge in [0.05, 0.1) is 10.9 Å². The molecule has 0 saturated heterocycles. The number of hydrogen-bond donors (Lipinski definition) is 0. The molecule has 0 atom stereocenters. The molecule has 0 spiro atoms. The van der Waals surface area contributed by atoms with Crippen LogP contribution in [0.25, 0.3) is 33.2 Å². The topological polar surface area (TPSA) is 3.88 Å². The Kier molecular flexibility index (Phi) is 4.90. The SMILES string of the molecule is Cc1cc(C2CCCC2)cc(-c2c3ccc(-c4ccccc4)cc3cc[n+]2C)c1C. The molecule has 1 saturated carbocycles. The van der Waals surface area contributed by atoms with E-state index in [0.29, 0.717) is 0 Å². The maximum Gasteiger partial charge on any atom is 0.220 e. The van der Waals surface area contributed by atoms with Crippen LogP contribution in [0.2, 0.25) is 0 Å². The van der Waals surface area contributed by atoms with Crippen LogP contribution in [0.1, 0.15) is 48.3 Å². The van der Waals surface area contributed by atoms with Crippen LogP contribution in [0.15, 0.2) is 72.9 Å². The molecular weight excluding hydrogens is 362 g/mol. The summed E-state index contributed by atoms with van der Waals surface area (Å²) in [6, 6.07) is 24.7. The summed E-state index contributed by atoms with van der Waals surface area (Å²) < 4.78 is 2.30. The van der Waals surface area contributed by atoms with Gasteiger partial charge in [-0.05, 0) is 84.0 Å². The Hall–Kier alpha value is -2.93. The van der Waals surface area contributed by atoms with E-state index in [4.69, 9.17) is 0 Å². The Labute approximate surface area is 180 Å². The van der Waals surface area contributed by atoms with Crippen LogP contribution in [0.3, 0.4) is 0 Å². The molecule has 0 amide bonds. The summed E-state index contributed by atoms with van der Waals surface area (Å²) in [5.41, 5.74) is 9.59. The second kappa shape index (κ2) is 7.72. The van der Waals surface area contributed by atoms with Crippen LogP contribution in [0.4, 0.5) is 0 Å².